The molecule has 1 aromatic heterocycles. The number of nitrogens with two attached hydrogens (primary N) is 1. The van der Waals surface area contributed by atoms with Gasteiger partial charge in [-0.3, -0.25) is 4.79 Å². The Hall–Kier alpha value is -2.29. The number of carbonyl (C=O) groups is 1. The summed E-state index contributed by atoms with van der Waals surface area (Å²) in [5.74, 6) is -0.801. The Morgan fingerprint density at radius 2 is 1.76 bits per heavy atom. The van der Waals surface area contributed by atoms with E-state index in [1.54, 1.807) is 36.4 Å². The summed E-state index contributed by atoms with van der Waals surface area (Å²) in [4.78, 5) is 12.7. The molecule has 0 aliphatic rings. The number of fused-ring (bicyclic) bond motifs is 1. The standard InChI is InChI=1S/C17H15FN2O3S2/c18-14-5-6-15-13(7-14)8-16(24-15)17(21)20-9-11-1-3-12(4-2-11)10-25(19,22)23/h1-8H,9-10H2,(H,20,21)(H2,19,22,23). The van der Waals surface area contributed by atoms with Gasteiger partial charge in [0.15, 0.2) is 0 Å². The van der Waals surface area contributed by atoms with Crippen molar-refractivity contribution in [1.82, 2.24) is 5.32 Å². The van der Waals surface area contributed by atoms with Crippen LogP contribution < -0.4 is 10.5 Å². The lowest BCUT2D eigenvalue weighted by Gasteiger charge is -2.05. The lowest BCUT2D eigenvalue weighted by Crippen LogP contribution is -2.21. The Balaban J connectivity index is 1.65. The number of hydrogen-bond donors (Lipinski definition) is 2. The van der Waals surface area contributed by atoms with Crippen molar-refractivity contribution in [2.24, 2.45) is 5.14 Å². The number of sulfonamides is 1. The number of rotatable bonds is 5. The van der Waals surface area contributed by atoms with E-state index in [1.165, 1.54) is 23.5 Å². The second-order valence-corrected chi connectivity index (χ2v) is 8.30. The van der Waals surface area contributed by atoms with E-state index < -0.39 is 10.0 Å². The molecule has 0 fully saturated rings. The van der Waals surface area contributed by atoms with E-state index in [0.717, 1.165) is 10.3 Å². The number of thiophene rings is 1. The zero-order chi connectivity index (χ0) is 18.0. The van der Waals surface area contributed by atoms with Crippen LogP contribution in [0.2, 0.25) is 0 Å². The van der Waals surface area contributed by atoms with Gasteiger partial charge in [-0.2, -0.15) is 0 Å². The third-order valence-electron chi connectivity index (χ3n) is 3.55. The lowest BCUT2D eigenvalue weighted by atomic mass is 10.1. The van der Waals surface area contributed by atoms with Gasteiger partial charge in [-0.15, -0.1) is 11.3 Å². The molecule has 0 atom stereocenters. The first-order chi connectivity index (χ1) is 11.8. The summed E-state index contributed by atoms with van der Waals surface area (Å²) in [5.41, 5.74) is 1.42. The number of amides is 1. The lowest BCUT2D eigenvalue weighted by molar-refractivity contribution is 0.0955. The number of nitrogens with one attached hydrogen (secondary N) is 1. The van der Waals surface area contributed by atoms with E-state index in [0.29, 0.717) is 22.4 Å². The maximum atomic E-state index is 13.2. The van der Waals surface area contributed by atoms with Gasteiger partial charge in [-0.05, 0) is 40.8 Å². The fraction of sp³-hybridized carbons (Fsp3) is 0.118. The highest BCUT2D eigenvalue weighted by atomic mass is 32.2. The maximum Gasteiger partial charge on any atom is 0.261 e. The highest BCUT2D eigenvalue weighted by Gasteiger charge is 2.11. The Bertz CT molecular complexity index is 1030. The van der Waals surface area contributed by atoms with Gasteiger partial charge < -0.3 is 5.32 Å². The zero-order valence-electron chi connectivity index (χ0n) is 13.0. The number of benzene rings is 2. The van der Waals surface area contributed by atoms with E-state index >= 15 is 0 Å². The van der Waals surface area contributed by atoms with Gasteiger partial charge in [0.2, 0.25) is 10.0 Å². The number of hydrogen-bond acceptors (Lipinski definition) is 4. The van der Waals surface area contributed by atoms with Crippen LogP contribution in [0, 0.1) is 5.82 Å². The molecule has 0 saturated heterocycles. The van der Waals surface area contributed by atoms with Gasteiger partial charge in [0.05, 0.1) is 10.6 Å². The largest absolute Gasteiger partial charge is 0.347 e. The monoisotopic (exact) mass is 378 g/mol. The molecule has 3 rings (SSSR count). The molecule has 2 aromatic carbocycles. The van der Waals surface area contributed by atoms with Crippen LogP contribution in [0.1, 0.15) is 20.8 Å². The fourth-order valence-electron chi connectivity index (χ4n) is 2.38. The molecule has 0 spiro atoms. The SMILES string of the molecule is NS(=O)(=O)Cc1ccc(CNC(=O)c2cc3cc(F)ccc3s2)cc1. The van der Waals surface area contributed by atoms with Crippen LogP contribution in [-0.4, -0.2) is 14.3 Å². The molecule has 0 bridgehead atoms. The van der Waals surface area contributed by atoms with Crippen molar-refractivity contribution in [2.75, 3.05) is 0 Å². The molecular weight excluding hydrogens is 363 g/mol. The minimum atomic E-state index is -3.56. The Labute approximate surface area is 148 Å². The van der Waals surface area contributed by atoms with E-state index in [-0.39, 0.29) is 17.5 Å². The predicted octanol–water partition coefficient (Wildman–Crippen LogP) is 2.76. The first-order valence-electron chi connectivity index (χ1n) is 7.36. The van der Waals surface area contributed by atoms with E-state index in [4.69, 9.17) is 5.14 Å². The fourth-order valence-corrected chi connectivity index (χ4v) is 4.00. The third-order valence-corrected chi connectivity index (χ3v) is 5.40. The molecule has 1 amide bonds. The smallest absolute Gasteiger partial charge is 0.261 e. The van der Waals surface area contributed by atoms with E-state index in [9.17, 15) is 17.6 Å². The summed E-state index contributed by atoms with van der Waals surface area (Å²) in [6.45, 7) is 0.303. The highest BCUT2D eigenvalue weighted by molar-refractivity contribution is 7.88. The summed E-state index contributed by atoms with van der Waals surface area (Å²) in [6, 6.07) is 12.9. The summed E-state index contributed by atoms with van der Waals surface area (Å²) in [5, 5.41) is 8.49. The molecule has 3 aromatic rings. The summed E-state index contributed by atoms with van der Waals surface area (Å²) >= 11 is 1.30. The maximum absolute atomic E-state index is 13.2. The highest BCUT2D eigenvalue weighted by Crippen LogP contribution is 2.26. The zero-order valence-corrected chi connectivity index (χ0v) is 14.7. The van der Waals surface area contributed by atoms with Crippen LogP contribution >= 0.6 is 11.3 Å². The molecule has 1 heterocycles. The normalized spacial score (nSPS) is 11.6. The van der Waals surface area contributed by atoms with Crippen molar-refractivity contribution in [3.8, 4) is 0 Å². The summed E-state index contributed by atoms with van der Waals surface area (Å²) < 4.78 is 36.2. The van der Waals surface area contributed by atoms with Gasteiger partial charge in [0, 0.05) is 11.2 Å². The van der Waals surface area contributed by atoms with Crippen molar-refractivity contribution in [2.45, 2.75) is 12.3 Å². The second-order valence-electron chi connectivity index (χ2n) is 5.60. The van der Waals surface area contributed by atoms with Gasteiger partial charge in [-0.25, -0.2) is 17.9 Å². The van der Waals surface area contributed by atoms with Crippen LogP contribution in [0.4, 0.5) is 4.39 Å². The molecule has 8 heteroatoms. The minimum Gasteiger partial charge on any atom is -0.347 e. The third kappa shape index (κ3) is 4.62. The molecule has 0 unspecified atom stereocenters. The average molecular weight is 378 g/mol. The quantitative estimate of drug-likeness (QED) is 0.715. The molecule has 0 saturated carbocycles. The van der Waals surface area contributed by atoms with Crippen molar-refractivity contribution in [3.05, 3.63) is 70.4 Å². The summed E-state index contributed by atoms with van der Waals surface area (Å²) in [7, 11) is -3.56. The molecule has 0 aliphatic heterocycles. The average Bonchev–Trinajstić information content (AvgIpc) is 2.95. The predicted molar refractivity (Wildman–Crippen MR) is 96.2 cm³/mol. The molecule has 0 aliphatic carbocycles. The molecule has 0 radical (unpaired) electrons. The summed E-state index contributed by atoms with van der Waals surface area (Å²) in [6.07, 6.45) is 0. The first-order valence-corrected chi connectivity index (χ1v) is 9.89. The minimum absolute atomic E-state index is 0.224. The molecule has 5 nitrogen and oxygen atoms in total. The van der Waals surface area contributed by atoms with E-state index in [2.05, 4.69) is 5.32 Å². The van der Waals surface area contributed by atoms with Crippen LogP contribution in [0.15, 0.2) is 48.5 Å². The van der Waals surface area contributed by atoms with Gasteiger partial charge >= 0.3 is 0 Å². The molecule has 130 valence electrons. The Kier molecular flexibility index (Phi) is 4.85. The van der Waals surface area contributed by atoms with Crippen molar-refractivity contribution < 1.29 is 17.6 Å². The van der Waals surface area contributed by atoms with Crippen LogP contribution in [0.3, 0.4) is 0 Å². The van der Waals surface area contributed by atoms with Crippen LogP contribution in [-0.2, 0) is 22.3 Å². The van der Waals surface area contributed by atoms with Crippen LogP contribution in [0.25, 0.3) is 10.1 Å². The van der Waals surface area contributed by atoms with E-state index in [1.807, 2.05) is 0 Å². The number of halogens is 1. The van der Waals surface area contributed by atoms with Crippen molar-refractivity contribution in [1.29, 1.82) is 0 Å². The molecule has 3 N–H and O–H groups in total. The molecule has 25 heavy (non-hydrogen) atoms. The van der Waals surface area contributed by atoms with Gasteiger partial charge in [-0.1, -0.05) is 24.3 Å². The number of primary sulfonamides is 1. The Morgan fingerprint density at radius 1 is 1.08 bits per heavy atom. The van der Waals surface area contributed by atoms with Gasteiger partial charge in [0.25, 0.3) is 5.91 Å². The first kappa shape index (κ1) is 17.5. The molecular formula is C17H15FN2O3S2. The topological polar surface area (TPSA) is 89.3 Å². The van der Waals surface area contributed by atoms with Crippen molar-refractivity contribution in [3.63, 3.8) is 0 Å². The number of carbonyl (C=O) groups excluding carboxylic acids is 1. The van der Waals surface area contributed by atoms with Crippen molar-refractivity contribution >= 4 is 37.4 Å². The van der Waals surface area contributed by atoms with Crippen LogP contribution in [0.5, 0.6) is 0 Å². The van der Waals surface area contributed by atoms with Gasteiger partial charge in [0.1, 0.15) is 5.82 Å². The second kappa shape index (κ2) is 6.91. The Morgan fingerprint density at radius 3 is 2.44 bits per heavy atom.